The molecule has 0 atom stereocenters. The van der Waals surface area contributed by atoms with Gasteiger partial charge in [-0.3, -0.25) is 9.69 Å². The number of carbonyl (C=O) groups excluding carboxylic acids is 1. The largest absolute Gasteiger partial charge is 0.493 e. The first-order valence-electron chi connectivity index (χ1n) is 11.7. The van der Waals surface area contributed by atoms with Gasteiger partial charge in [0.25, 0.3) is 0 Å². The Kier molecular flexibility index (Phi) is 8.26. The number of unbranched alkanes of at least 4 members (excludes halogenated alkanes) is 2. The Bertz CT molecular complexity index is 1040. The summed E-state index contributed by atoms with van der Waals surface area (Å²) in [6.45, 7) is 6.32. The van der Waals surface area contributed by atoms with Crippen LogP contribution in [0.25, 0.3) is 22.1 Å². The molecule has 1 amide bonds. The van der Waals surface area contributed by atoms with E-state index in [1.165, 1.54) is 6.42 Å². The van der Waals surface area contributed by atoms with E-state index in [-0.39, 0.29) is 5.91 Å². The quantitative estimate of drug-likeness (QED) is 0.437. The molecule has 7 heteroatoms. The van der Waals surface area contributed by atoms with E-state index in [1.54, 1.807) is 13.3 Å². The Balaban J connectivity index is 1.15. The minimum Gasteiger partial charge on any atom is -0.493 e. The Morgan fingerprint density at radius 2 is 1.79 bits per heavy atom. The summed E-state index contributed by atoms with van der Waals surface area (Å²) < 4.78 is 11.7. The van der Waals surface area contributed by atoms with Crippen LogP contribution in [0.5, 0.6) is 5.75 Å². The van der Waals surface area contributed by atoms with Crippen LogP contribution in [-0.4, -0.2) is 68.6 Å². The number of likely N-dealkylation sites (N-methyl/N-ethyl adjacent to an activating group) is 1. The van der Waals surface area contributed by atoms with Gasteiger partial charge in [0.2, 0.25) is 5.91 Å². The van der Waals surface area contributed by atoms with E-state index in [2.05, 4.69) is 21.2 Å². The van der Waals surface area contributed by atoms with Gasteiger partial charge in [0.05, 0.1) is 19.4 Å². The van der Waals surface area contributed by atoms with Crippen LogP contribution in [0.4, 0.5) is 0 Å². The number of carbonyl (C=O) groups is 1. The second kappa shape index (κ2) is 11.5. The predicted molar refractivity (Wildman–Crippen MR) is 133 cm³/mol. The molecule has 0 spiro atoms. The summed E-state index contributed by atoms with van der Waals surface area (Å²) >= 11 is 6.00. The normalized spacial score (nSPS) is 15.1. The van der Waals surface area contributed by atoms with Crippen molar-refractivity contribution in [3.05, 3.63) is 53.8 Å². The topological polar surface area (TPSA) is 58.0 Å². The molecule has 0 radical (unpaired) electrons. The summed E-state index contributed by atoms with van der Waals surface area (Å²) in [5.41, 5.74) is 2.97. The molecule has 1 aliphatic rings. The monoisotopic (exact) mass is 469 g/mol. The van der Waals surface area contributed by atoms with E-state index in [9.17, 15) is 4.79 Å². The molecule has 3 aromatic rings. The molecular weight excluding hydrogens is 438 g/mol. The fraction of sp³-hybridized carbons (Fsp3) is 0.423. The van der Waals surface area contributed by atoms with Crippen molar-refractivity contribution < 1.29 is 13.9 Å². The van der Waals surface area contributed by atoms with Crippen molar-refractivity contribution in [2.24, 2.45) is 0 Å². The van der Waals surface area contributed by atoms with Gasteiger partial charge in [0.1, 0.15) is 11.3 Å². The Labute approximate surface area is 200 Å². The summed E-state index contributed by atoms with van der Waals surface area (Å²) in [5.74, 6) is 0.934. The van der Waals surface area contributed by atoms with Crippen molar-refractivity contribution in [2.45, 2.75) is 19.3 Å². The SMILES string of the molecule is CNC(=O)CN1CCN(CCCCCOc2ccc3c(-c4ccc(Cl)cc4)coc3c2)CC1. The standard InChI is InChI=1S/C26H32ClN3O3/c1-28-26(31)18-30-14-12-29(13-15-30)11-3-2-4-16-32-22-9-10-23-24(19-33-25(23)17-22)20-5-7-21(27)8-6-20/h5-10,17,19H,2-4,11-16,18H2,1H3,(H,28,31). The number of piperazine rings is 1. The Hall–Kier alpha value is -2.54. The van der Waals surface area contributed by atoms with E-state index in [1.807, 2.05) is 36.4 Å². The third-order valence-electron chi connectivity index (χ3n) is 6.20. The molecule has 2 heterocycles. The first-order chi connectivity index (χ1) is 16.1. The zero-order valence-electron chi connectivity index (χ0n) is 19.2. The van der Waals surface area contributed by atoms with Crippen LogP contribution < -0.4 is 10.1 Å². The molecule has 1 fully saturated rings. The average molecular weight is 470 g/mol. The Morgan fingerprint density at radius 3 is 2.55 bits per heavy atom. The van der Waals surface area contributed by atoms with Crippen LogP contribution >= 0.6 is 11.6 Å². The highest BCUT2D eigenvalue weighted by Crippen LogP contribution is 2.33. The molecule has 0 aliphatic carbocycles. The zero-order valence-corrected chi connectivity index (χ0v) is 19.9. The minimum atomic E-state index is 0.0941. The van der Waals surface area contributed by atoms with Crippen molar-refractivity contribution in [1.29, 1.82) is 0 Å². The van der Waals surface area contributed by atoms with Crippen molar-refractivity contribution >= 4 is 28.5 Å². The summed E-state index contributed by atoms with van der Waals surface area (Å²) in [6.07, 6.45) is 5.13. The van der Waals surface area contributed by atoms with Gasteiger partial charge in [-0.05, 0) is 55.6 Å². The van der Waals surface area contributed by atoms with Crippen molar-refractivity contribution in [2.75, 3.05) is 52.9 Å². The van der Waals surface area contributed by atoms with Crippen molar-refractivity contribution in [1.82, 2.24) is 15.1 Å². The number of halogens is 1. The third-order valence-corrected chi connectivity index (χ3v) is 6.45. The van der Waals surface area contributed by atoms with E-state index in [4.69, 9.17) is 20.8 Å². The number of rotatable bonds is 10. The van der Waals surface area contributed by atoms with Gasteiger partial charge in [-0.2, -0.15) is 0 Å². The lowest BCUT2D eigenvalue weighted by Gasteiger charge is -2.34. The number of hydrogen-bond donors (Lipinski definition) is 1. The number of nitrogens with zero attached hydrogens (tertiary/aromatic N) is 2. The molecule has 33 heavy (non-hydrogen) atoms. The summed E-state index contributed by atoms with van der Waals surface area (Å²) in [4.78, 5) is 16.2. The van der Waals surface area contributed by atoms with E-state index in [0.717, 1.165) is 78.4 Å². The highest BCUT2D eigenvalue weighted by molar-refractivity contribution is 6.30. The molecule has 2 aromatic carbocycles. The van der Waals surface area contributed by atoms with E-state index in [0.29, 0.717) is 13.2 Å². The molecule has 6 nitrogen and oxygen atoms in total. The molecule has 0 unspecified atom stereocenters. The van der Waals surface area contributed by atoms with Gasteiger partial charge in [0.15, 0.2) is 0 Å². The summed E-state index contributed by atoms with van der Waals surface area (Å²) in [6, 6.07) is 13.8. The summed E-state index contributed by atoms with van der Waals surface area (Å²) in [7, 11) is 1.69. The first-order valence-corrected chi connectivity index (χ1v) is 12.1. The minimum absolute atomic E-state index is 0.0941. The highest BCUT2D eigenvalue weighted by atomic mass is 35.5. The molecule has 1 aliphatic heterocycles. The van der Waals surface area contributed by atoms with Crippen LogP contribution in [0.1, 0.15) is 19.3 Å². The second-order valence-electron chi connectivity index (χ2n) is 8.51. The van der Waals surface area contributed by atoms with E-state index < -0.39 is 0 Å². The smallest absolute Gasteiger partial charge is 0.233 e. The van der Waals surface area contributed by atoms with Crippen molar-refractivity contribution in [3.8, 4) is 16.9 Å². The van der Waals surface area contributed by atoms with Crippen LogP contribution in [0.3, 0.4) is 0 Å². The molecular formula is C26H32ClN3O3. The molecule has 0 saturated carbocycles. The predicted octanol–water partition coefficient (Wildman–Crippen LogP) is 4.67. The van der Waals surface area contributed by atoms with Crippen LogP contribution in [0.15, 0.2) is 53.1 Å². The van der Waals surface area contributed by atoms with Gasteiger partial charge < -0.3 is 19.4 Å². The maximum Gasteiger partial charge on any atom is 0.233 e. The first kappa shape index (κ1) is 23.6. The van der Waals surface area contributed by atoms with E-state index >= 15 is 0 Å². The lowest BCUT2D eigenvalue weighted by atomic mass is 10.0. The van der Waals surface area contributed by atoms with Gasteiger partial charge in [-0.15, -0.1) is 0 Å². The number of benzene rings is 2. The van der Waals surface area contributed by atoms with Crippen LogP contribution in [0.2, 0.25) is 5.02 Å². The number of fused-ring (bicyclic) bond motifs is 1. The third kappa shape index (κ3) is 6.50. The number of furan rings is 1. The average Bonchev–Trinajstić information content (AvgIpc) is 3.26. The number of nitrogens with one attached hydrogen (secondary N) is 1. The number of amides is 1. The molecule has 4 rings (SSSR count). The van der Waals surface area contributed by atoms with Crippen molar-refractivity contribution in [3.63, 3.8) is 0 Å². The highest BCUT2D eigenvalue weighted by Gasteiger charge is 2.18. The Morgan fingerprint density at radius 1 is 1.03 bits per heavy atom. The lowest BCUT2D eigenvalue weighted by Crippen LogP contribution is -2.49. The molecule has 176 valence electrons. The van der Waals surface area contributed by atoms with Gasteiger partial charge in [-0.25, -0.2) is 0 Å². The molecule has 0 bridgehead atoms. The zero-order chi connectivity index (χ0) is 23.0. The molecule has 1 aromatic heterocycles. The maximum atomic E-state index is 11.5. The van der Waals surface area contributed by atoms with Crippen LogP contribution in [-0.2, 0) is 4.79 Å². The van der Waals surface area contributed by atoms with Gasteiger partial charge in [0, 0.05) is 55.3 Å². The van der Waals surface area contributed by atoms with Crippen LogP contribution in [0, 0.1) is 0 Å². The van der Waals surface area contributed by atoms with Gasteiger partial charge in [-0.1, -0.05) is 23.7 Å². The fourth-order valence-corrected chi connectivity index (χ4v) is 4.33. The second-order valence-corrected chi connectivity index (χ2v) is 8.95. The lowest BCUT2D eigenvalue weighted by molar-refractivity contribution is -0.122. The van der Waals surface area contributed by atoms with Gasteiger partial charge >= 0.3 is 0 Å². The fourth-order valence-electron chi connectivity index (χ4n) is 4.21. The maximum absolute atomic E-state index is 11.5. The molecule has 1 saturated heterocycles. The number of hydrogen-bond acceptors (Lipinski definition) is 5. The number of ether oxygens (including phenoxy) is 1. The summed E-state index contributed by atoms with van der Waals surface area (Å²) in [5, 5.41) is 4.49. The molecule has 1 N–H and O–H groups in total.